The number of halogens is 2. The van der Waals surface area contributed by atoms with Gasteiger partial charge in [-0.05, 0) is 90.3 Å². The molecular formula is C35H22Br2. The topological polar surface area (TPSA) is 0 Å². The molecule has 6 aromatic rings. The summed E-state index contributed by atoms with van der Waals surface area (Å²) >= 11 is 7.57. The second-order valence-electron chi connectivity index (χ2n) is 9.51. The van der Waals surface area contributed by atoms with Gasteiger partial charge in [0.1, 0.15) is 0 Å². The Morgan fingerprint density at radius 2 is 1.14 bits per heavy atom. The van der Waals surface area contributed by atoms with Crippen molar-refractivity contribution in [1.29, 1.82) is 0 Å². The molecule has 0 fully saturated rings. The summed E-state index contributed by atoms with van der Waals surface area (Å²) in [5.41, 5.74) is 7.81. The minimum atomic E-state index is 0.852. The van der Waals surface area contributed by atoms with Crippen LogP contribution in [0.4, 0.5) is 0 Å². The first-order chi connectivity index (χ1) is 18.2. The highest BCUT2D eigenvalue weighted by atomic mass is 79.9. The zero-order chi connectivity index (χ0) is 24.9. The second-order valence-corrected chi connectivity index (χ2v) is 11.3. The molecule has 0 unspecified atom stereocenters. The lowest BCUT2D eigenvalue weighted by Crippen LogP contribution is -2.00. The second kappa shape index (κ2) is 9.13. The highest BCUT2D eigenvalue weighted by Gasteiger charge is 2.23. The third-order valence-electron chi connectivity index (χ3n) is 7.44. The highest BCUT2D eigenvalue weighted by Crippen LogP contribution is 2.47. The molecule has 0 radical (unpaired) electrons. The van der Waals surface area contributed by atoms with E-state index in [0.717, 1.165) is 15.4 Å². The summed E-state index contributed by atoms with van der Waals surface area (Å²) in [6.45, 7) is 0. The molecule has 7 rings (SSSR count). The SMILES string of the molecule is BrC1=CCc2c(c(-c3cccc4ccccc34)c3cc(Br)ccc3c2-c2cccc3ccccc23)C=C1. The molecule has 0 nitrogen and oxygen atoms in total. The van der Waals surface area contributed by atoms with Gasteiger partial charge in [-0.2, -0.15) is 0 Å². The fraction of sp³-hybridized carbons (Fsp3) is 0.0286. The lowest BCUT2D eigenvalue weighted by molar-refractivity contribution is 1.28. The first-order valence-corrected chi connectivity index (χ1v) is 14.1. The van der Waals surface area contributed by atoms with Gasteiger partial charge >= 0.3 is 0 Å². The molecule has 0 atom stereocenters. The molecule has 2 heteroatoms. The van der Waals surface area contributed by atoms with Crippen LogP contribution in [0, 0.1) is 0 Å². The molecular weight excluding hydrogens is 580 g/mol. The van der Waals surface area contributed by atoms with Gasteiger partial charge in [0.25, 0.3) is 0 Å². The predicted octanol–water partition coefficient (Wildman–Crippen LogP) is 11.1. The van der Waals surface area contributed by atoms with Crippen molar-refractivity contribution in [2.75, 3.05) is 0 Å². The van der Waals surface area contributed by atoms with E-state index >= 15 is 0 Å². The van der Waals surface area contributed by atoms with E-state index in [2.05, 4.69) is 153 Å². The lowest BCUT2D eigenvalue weighted by atomic mass is 9.81. The molecule has 0 saturated carbocycles. The maximum absolute atomic E-state index is 3.79. The number of benzene rings is 6. The molecule has 1 aliphatic carbocycles. The Balaban J connectivity index is 1.70. The van der Waals surface area contributed by atoms with Crippen molar-refractivity contribution in [1.82, 2.24) is 0 Å². The van der Waals surface area contributed by atoms with Crippen LogP contribution >= 0.6 is 31.9 Å². The Morgan fingerprint density at radius 1 is 0.514 bits per heavy atom. The molecule has 0 saturated heterocycles. The molecule has 37 heavy (non-hydrogen) atoms. The van der Waals surface area contributed by atoms with E-state index in [1.165, 1.54) is 65.7 Å². The Hall–Kier alpha value is -3.46. The quantitative estimate of drug-likeness (QED) is 0.185. The Labute approximate surface area is 233 Å². The van der Waals surface area contributed by atoms with Crippen LogP contribution in [-0.2, 0) is 6.42 Å². The van der Waals surface area contributed by atoms with Gasteiger partial charge in [0, 0.05) is 8.96 Å². The first kappa shape index (κ1) is 22.7. The maximum atomic E-state index is 3.79. The predicted molar refractivity (Wildman–Crippen MR) is 167 cm³/mol. The van der Waals surface area contributed by atoms with Crippen LogP contribution < -0.4 is 0 Å². The standard InChI is InChI=1S/C35H22Br2/c36-24-15-18-30-31(19-16-24)35(29-14-6-10-23-8-2-4-12-27(23)29)33-21-25(37)17-20-32(33)34(30)28-13-5-9-22-7-1-3-11-26(22)28/h1-17,19-21H,18H2. The van der Waals surface area contributed by atoms with Crippen LogP contribution in [0.5, 0.6) is 0 Å². The summed E-state index contributed by atoms with van der Waals surface area (Å²) in [5, 5.41) is 7.61. The third kappa shape index (κ3) is 3.79. The monoisotopic (exact) mass is 600 g/mol. The largest absolute Gasteiger partial charge is 0.0658 e. The van der Waals surface area contributed by atoms with Crippen LogP contribution in [0.25, 0.3) is 60.6 Å². The molecule has 0 heterocycles. The highest BCUT2D eigenvalue weighted by molar-refractivity contribution is 9.12. The Bertz CT molecular complexity index is 1910. The van der Waals surface area contributed by atoms with E-state index < -0.39 is 0 Å². The van der Waals surface area contributed by atoms with Crippen LogP contribution in [-0.4, -0.2) is 0 Å². The molecule has 0 spiro atoms. The van der Waals surface area contributed by atoms with Crippen LogP contribution in [0.15, 0.2) is 124 Å². The molecule has 0 aliphatic heterocycles. The van der Waals surface area contributed by atoms with Crippen molar-refractivity contribution in [2.24, 2.45) is 0 Å². The van der Waals surface area contributed by atoms with Gasteiger partial charge in [0.15, 0.2) is 0 Å². The van der Waals surface area contributed by atoms with Gasteiger partial charge in [0.2, 0.25) is 0 Å². The zero-order valence-corrected chi connectivity index (χ0v) is 23.2. The van der Waals surface area contributed by atoms with Crippen LogP contribution in [0.3, 0.4) is 0 Å². The van der Waals surface area contributed by atoms with Crippen LogP contribution in [0.1, 0.15) is 11.1 Å². The number of allylic oxidation sites excluding steroid dienone is 3. The molecule has 0 aromatic heterocycles. The van der Waals surface area contributed by atoms with E-state index in [0.29, 0.717) is 0 Å². The van der Waals surface area contributed by atoms with E-state index in [1.54, 1.807) is 0 Å². The van der Waals surface area contributed by atoms with Gasteiger partial charge in [-0.1, -0.05) is 135 Å². The third-order valence-corrected chi connectivity index (χ3v) is 8.53. The molecule has 6 aromatic carbocycles. The average molecular weight is 602 g/mol. The summed E-state index contributed by atoms with van der Waals surface area (Å²) in [5.74, 6) is 0. The molecule has 0 N–H and O–H groups in total. The fourth-order valence-electron chi connectivity index (χ4n) is 5.85. The number of fused-ring (bicyclic) bond motifs is 4. The van der Waals surface area contributed by atoms with Crippen molar-refractivity contribution in [3.8, 4) is 22.3 Å². The molecule has 176 valence electrons. The summed E-state index contributed by atoms with van der Waals surface area (Å²) < 4.78 is 2.20. The summed E-state index contributed by atoms with van der Waals surface area (Å²) in [4.78, 5) is 0. The lowest BCUT2D eigenvalue weighted by Gasteiger charge is -2.23. The van der Waals surface area contributed by atoms with Crippen molar-refractivity contribution in [3.05, 3.63) is 135 Å². The van der Waals surface area contributed by atoms with E-state index in [9.17, 15) is 0 Å². The number of rotatable bonds is 2. The van der Waals surface area contributed by atoms with Crippen molar-refractivity contribution < 1.29 is 0 Å². The molecule has 0 bridgehead atoms. The maximum Gasteiger partial charge on any atom is 0.0181 e. The minimum absolute atomic E-state index is 0.852. The number of hydrogen-bond donors (Lipinski definition) is 0. The smallest absolute Gasteiger partial charge is 0.0181 e. The average Bonchev–Trinajstić information content (AvgIpc) is 3.13. The Kier molecular flexibility index (Phi) is 5.61. The van der Waals surface area contributed by atoms with Gasteiger partial charge < -0.3 is 0 Å². The Morgan fingerprint density at radius 3 is 1.84 bits per heavy atom. The summed E-state index contributed by atoms with van der Waals surface area (Å²) in [6.07, 6.45) is 7.63. The van der Waals surface area contributed by atoms with E-state index in [4.69, 9.17) is 0 Å². The van der Waals surface area contributed by atoms with Crippen LogP contribution in [0.2, 0.25) is 0 Å². The summed E-state index contributed by atoms with van der Waals surface area (Å²) in [7, 11) is 0. The van der Waals surface area contributed by atoms with Gasteiger partial charge in [-0.25, -0.2) is 0 Å². The fourth-order valence-corrected chi connectivity index (χ4v) is 6.50. The normalized spacial score (nSPS) is 13.1. The minimum Gasteiger partial charge on any atom is -0.0658 e. The summed E-state index contributed by atoms with van der Waals surface area (Å²) in [6, 6.07) is 37.5. The molecule has 0 amide bonds. The zero-order valence-electron chi connectivity index (χ0n) is 20.0. The van der Waals surface area contributed by atoms with Gasteiger partial charge in [0.05, 0.1) is 0 Å². The van der Waals surface area contributed by atoms with Gasteiger partial charge in [-0.15, -0.1) is 0 Å². The van der Waals surface area contributed by atoms with Crippen molar-refractivity contribution in [3.63, 3.8) is 0 Å². The first-order valence-electron chi connectivity index (χ1n) is 12.5. The van der Waals surface area contributed by atoms with E-state index in [1.807, 2.05) is 0 Å². The van der Waals surface area contributed by atoms with Gasteiger partial charge in [-0.3, -0.25) is 0 Å². The number of hydrogen-bond acceptors (Lipinski definition) is 0. The van der Waals surface area contributed by atoms with Crippen molar-refractivity contribution >= 4 is 70.3 Å². The van der Waals surface area contributed by atoms with E-state index in [-0.39, 0.29) is 0 Å². The van der Waals surface area contributed by atoms with Crippen molar-refractivity contribution in [2.45, 2.75) is 6.42 Å². The molecule has 1 aliphatic rings.